The van der Waals surface area contributed by atoms with Gasteiger partial charge in [0.1, 0.15) is 11.6 Å². The largest absolute Gasteiger partial charge is 0.322 e. The second kappa shape index (κ2) is 9.37. The summed E-state index contributed by atoms with van der Waals surface area (Å²) in [5.74, 6) is -1.27. The average molecular weight is 542 g/mol. The predicted octanol–water partition coefficient (Wildman–Crippen LogP) is 5.33. The molecule has 2 heterocycles. The van der Waals surface area contributed by atoms with Crippen molar-refractivity contribution in [1.29, 1.82) is 0 Å². The number of hydrogen-bond donors (Lipinski definition) is 2. The Morgan fingerprint density at radius 2 is 1.76 bits per heavy atom. The van der Waals surface area contributed by atoms with Gasteiger partial charge in [0.2, 0.25) is 10.0 Å². The molecular formula is C26H22ClF2N5O2S. The Kier molecular flexibility index (Phi) is 6.35. The van der Waals surface area contributed by atoms with Crippen molar-refractivity contribution >= 4 is 49.2 Å². The molecule has 0 aliphatic heterocycles. The van der Waals surface area contributed by atoms with Gasteiger partial charge < -0.3 is 5.73 Å². The Balaban J connectivity index is 1.74. The number of sulfonamides is 1. The Morgan fingerprint density at radius 3 is 2.46 bits per heavy atom. The van der Waals surface area contributed by atoms with Crippen LogP contribution in [0.3, 0.4) is 0 Å². The van der Waals surface area contributed by atoms with Crippen molar-refractivity contribution in [3.05, 3.63) is 88.6 Å². The van der Waals surface area contributed by atoms with Gasteiger partial charge in [-0.3, -0.25) is 14.4 Å². The number of benzene rings is 3. The number of aromatic nitrogens is 3. The lowest BCUT2D eigenvalue weighted by molar-refractivity contribution is 0.576. The summed E-state index contributed by atoms with van der Waals surface area (Å²) in [7, 11) is -1.94. The van der Waals surface area contributed by atoms with Crippen molar-refractivity contribution in [2.24, 2.45) is 12.8 Å². The van der Waals surface area contributed by atoms with Gasteiger partial charge in [0, 0.05) is 29.6 Å². The summed E-state index contributed by atoms with van der Waals surface area (Å²) in [4.78, 5) is 4.83. The maximum absolute atomic E-state index is 13.8. The van der Waals surface area contributed by atoms with E-state index < -0.39 is 27.7 Å². The zero-order chi connectivity index (χ0) is 26.5. The maximum Gasteiger partial charge on any atom is 0.231 e. The van der Waals surface area contributed by atoms with Gasteiger partial charge in [0.05, 0.1) is 39.4 Å². The fourth-order valence-electron chi connectivity index (χ4n) is 4.55. The first-order valence-corrected chi connectivity index (χ1v) is 13.5. The third kappa shape index (κ3) is 5.00. The lowest BCUT2D eigenvalue weighted by Gasteiger charge is -2.18. The zero-order valence-corrected chi connectivity index (χ0v) is 21.4. The van der Waals surface area contributed by atoms with Crippen LogP contribution in [0.5, 0.6) is 0 Å². The molecule has 0 spiro atoms. The monoisotopic (exact) mass is 541 g/mol. The Labute approximate surface area is 216 Å². The number of nitrogens with one attached hydrogen (secondary N) is 1. The summed E-state index contributed by atoms with van der Waals surface area (Å²) in [5, 5.41) is 5.94. The third-order valence-corrected chi connectivity index (χ3v) is 6.87. The van der Waals surface area contributed by atoms with Crippen LogP contribution in [0.4, 0.5) is 14.6 Å². The lowest BCUT2D eigenvalue weighted by Crippen LogP contribution is -2.17. The van der Waals surface area contributed by atoms with Gasteiger partial charge >= 0.3 is 0 Å². The number of aryl methyl sites for hydroxylation is 1. The van der Waals surface area contributed by atoms with E-state index in [2.05, 4.69) is 9.82 Å². The van der Waals surface area contributed by atoms with E-state index in [0.29, 0.717) is 43.8 Å². The molecule has 0 amide bonds. The first kappa shape index (κ1) is 25.1. The summed E-state index contributed by atoms with van der Waals surface area (Å²) in [6.45, 7) is 0. The van der Waals surface area contributed by atoms with Gasteiger partial charge in [0.25, 0.3) is 0 Å². The highest BCUT2D eigenvalue weighted by Crippen LogP contribution is 2.40. The number of hydrogen-bond acceptors (Lipinski definition) is 5. The molecule has 11 heteroatoms. The van der Waals surface area contributed by atoms with Gasteiger partial charge in [-0.05, 0) is 42.3 Å². The molecule has 37 heavy (non-hydrogen) atoms. The number of anilines is 1. The molecule has 0 saturated heterocycles. The van der Waals surface area contributed by atoms with Crippen LogP contribution in [-0.4, -0.2) is 29.4 Å². The van der Waals surface area contributed by atoms with E-state index >= 15 is 0 Å². The van der Waals surface area contributed by atoms with Gasteiger partial charge in [-0.25, -0.2) is 17.2 Å². The highest BCUT2D eigenvalue weighted by Gasteiger charge is 2.23. The quantitative estimate of drug-likeness (QED) is 0.302. The van der Waals surface area contributed by atoms with E-state index in [1.165, 1.54) is 16.8 Å². The molecular weight excluding hydrogens is 520 g/mol. The van der Waals surface area contributed by atoms with Crippen LogP contribution in [0.2, 0.25) is 5.02 Å². The molecule has 0 saturated carbocycles. The van der Waals surface area contributed by atoms with Crippen LogP contribution >= 0.6 is 11.6 Å². The summed E-state index contributed by atoms with van der Waals surface area (Å²) in [6.07, 6.45) is 1.17. The fraction of sp³-hybridized carbons (Fsp3) is 0.154. The van der Waals surface area contributed by atoms with Gasteiger partial charge in [-0.15, -0.1) is 0 Å². The minimum atomic E-state index is -3.62. The second-order valence-electron chi connectivity index (χ2n) is 8.87. The Hall–Kier alpha value is -3.60. The molecule has 3 aromatic carbocycles. The van der Waals surface area contributed by atoms with Crippen LogP contribution in [0, 0.1) is 11.6 Å². The van der Waals surface area contributed by atoms with Crippen molar-refractivity contribution in [1.82, 2.24) is 14.8 Å². The Morgan fingerprint density at radius 1 is 1.05 bits per heavy atom. The molecule has 7 nitrogen and oxygen atoms in total. The molecule has 190 valence electrons. The maximum atomic E-state index is 13.8. The Bertz CT molecular complexity index is 1770. The van der Waals surface area contributed by atoms with Crippen LogP contribution in [-0.2, 0) is 23.5 Å². The van der Waals surface area contributed by atoms with E-state index in [1.807, 2.05) is 30.3 Å². The SMILES string of the molecule is Cn1nc(NS(C)(=O)=O)c2c(Cl)ccc(-c3cc4ccccc4nc3C(N)Cc3cc(F)cc(F)c3)c21. The molecule has 1 atom stereocenters. The number of fused-ring (bicyclic) bond motifs is 2. The third-order valence-electron chi connectivity index (χ3n) is 5.99. The molecule has 0 fully saturated rings. The zero-order valence-electron chi connectivity index (χ0n) is 19.8. The minimum Gasteiger partial charge on any atom is -0.322 e. The molecule has 3 N–H and O–H groups in total. The predicted molar refractivity (Wildman–Crippen MR) is 142 cm³/mol. The highest BCUT2D eigenvalue weighted by molar-refractivity contribution is 7.92. The van der Waals surface area contributed by atoms with E-state index in [0.717, 1.165) is 17.7 Å². The normalized spacial score (nSPS) is 12.8. The number of para-hydroxylation sites is 1. The van der Waals surface area contributed by atoms with Gasteiger partial charge in [0.15, 0.2) is 5.82 Å². The molecule has 2 aromatic heterocycles. The summed E-state index contributed by atoms with van der Waals surface area (Å²) < 4.78 is 55.5. The lowest BCUT2D eigenvalue weighted by atomic mass is 9.93. The molecule has 0 radical (unpaired) electrons. The number of halogens is 3. The van der Waals surface area contributed by atoms with Crippen molar-refractivity contribution in [3.63, 3.8) is 0 Å². The van der Waals surface area contributed by atoms with Crippen molar-refractivity contribution in [3.8, 4) is 11.1 Å². The van der Waals surface area contributed by atoms with Crippen molar-refractivity contribution < 1.29 is 17.2 Å². The topological polar surface area (TPSA) is 103 Å². The molecule has 0 aliphatic carbocycles. The number of nitrogens with two attached hydrogens (primary N) is 1. The summed E-state index contributed by atoms with van der Waals surface area (Å²) in [5.41, 5.74) is 10.1. The van der Waals surface area contributed by atoms with E-state index in [1.54, 1.807) is 19.2 Å². The van der Waals surface area contributed by atoms with Crippen LogP contribution in [0.15, 0.2) is 60.7 Å². The van der Waals surface area contributed by atoms with Crippen molar-refractivity contribution in [2.45, 2.75) is 12.5 Å². The number of rotatable bonds is 6. The first-order chi connectivity index (χ1) is 17.5. The van der Waals surface area contributed by atoms with E-state index in [-0.39, 0.29) is 12.2 Å². The van der Waals surface area contributed by atoms with E-state index in [9.17, 15) is 17.2 Å². The molecule has 0 bridgehead atoms. The molecule has 0 aliphatic rings. The standard InChI is InChI=1S/C26H22ClF2N5O2S/c1-34-25-18(7-8-20(27)23(25)26(32-34)33-37(2,35)36)19-12-15-5-3-4-6-22(15)31-24(19)21(30)11-14-9-16(28)13-17(29)10-14/h3-10,12-13,21H,11,30H2,1-2H3,(H,32,33). The van der Waals surface area contributed by atoms with Crippen LogP contribution < -0.4 is 10.5 Å². The first-order valence-electron chi connectivity index (χ1n) is 11.2. The van der Waals surface area contributed by atoms with Gasteiger partial charge in [-0.2, -0.15) is 5.10 Å². The minimum absolute atomic E-state index is 0.0988. The summed E-state index contributed by atoms with van der Waals surface area (Å²) in [6, 6.07) is 15.5. The number of nitrogens with zero attached hydrogens (tertiary/aromatic N) is 3. The number of pyridine rings is 1. The van der Waals surface area contributed by atoms with E-state index in [4.69, 9.17) is 22.3 Å². The highest BCUT2D eigenvalue weighted by atomic mass is 35.5. The molecule has 5 rings (SSSR count). The fourth-order valence-corrected chi connectivity index (χ4v) is 5.29. The van der Waals surface area contributed by atoms with Crippen LogP contribution in [0.25, 0.3) is 32.9 Å². The second-order valence-corrected chi connectivity index (χ2v) is 11.0. The van der Waals surface area contributed by atoms with Crippen molar-refractivity contribution in [2.75, 3.05) is 11.0 Å². The van der Waals surface area contributed by atoms with Crippen LogP contribution in [0.1, 0.15) is 17.3 Å². The molecule has 1 unspecified atom stereocenters. The van der Waals surface area contributed by atoms with Gasteiger partial charge in [-0.1, -0.05) is 35.9 Å². The average Bonchev–Trinajstić information content (AvgIpc) is 3.13. The summed E-state index contributed by atoms with van der Waals surface area (Å²) >= 11 is 6.50. The molecule has 5 aromatic rings. The smallest absolute Gasteiger partial charge is 0.231 e.